The number of imidazole rings is 1. The minimum Gasteiger partial charge on any atom is -0.378 e. The number of likely N-dealkylation sites (tertiary alicyclic amines) is 1. The van der Waals surface area contributed by atoms with Crippen LogP contribution < -0.4 is 10.2 Å². The van der Waals surface area contributed by atoms with Crippen molar-refractivity contribution >= 4 is 22.9 Å². The number of piperidine rings is 1. The Morgan fingerprint density at radius 1 is 1.11 bits per heavy atom. The highest BCUT2D eigenvalue weighted by Gasteiger charge is 2.28. The third kappa shape index (κ3) is 4.56. The number of nitriles is 1. The first-order valence-electron chi connectivity index (χ1n) is 11.8. The van der Waals surface area contributed by atoms with Gasteiger partial charge >= 0.3 is 6.03 Å². The van der Waals surface area contributed by atoms with E-state index in [4.69, 9.17) is 4.98 Å². The highest BCUT2D eigenvalue weighted by atomic mass is 16.2. The van der Waals surface area contributed by atoms with Gasteiger partial charge in [0.05, 0.1) is 22.8 Å². The van der Waals surface area contributed by atoms with Crippen molar-refractivity contribution in [3.63, 3.8) is 0 Å². The molecule has 0 saturated carbocycles. The zero-order valence-electron chi connectivity index (χ0n) is 20.0. The molecule has 2 amide bonds. The van der Waals surface area contributed by atoms with Crippen LogP contribution in [0.4, 0.5) is 16.2 Å². The zero-order valence-corrected chi connectivity index (χ0v) is 20.0. The largest absolute Gasteiger partial charge is 0.378 e. The molecule has 0 spiro atoms. The third-order valence-electron chi connectivity index (χ3n) is 6.55. The average Bonchev–Trinajstić information content (AvgIpc) is 3.29. The van der Waals surface area contributed by atoms with Crippen molar-refractivity contribution in [3.8, 4) is 17.3 Å². The van der Waals surface area contributed by atoms with E-state index < -0.39 is 0 Å². The average molecular weight is 465 g/mol. The Kier molecular flexibility index (Phi) is 6.11. The lowest BCUT2D eigenvalue weighted by atomic mass is 9.97. The number of benzene rings is 2. The van der Waals surface area contributed by atoms with Gasteiger partial charge < -0.3 is 19.5 Å². The summed E-state index contributed by atoms with van der Waals surface area (Å²) in [6.45, 7) is 1.33. The topological polar surface area (TPSA) is 76.7 Å². The number of amides is 2. The summed E-state index contributed by atoms with van der Waals surface area (Å²) in [5.41, 5.74) is 5.27. The van der Waals surface area contributed by atoms with Crippen LogP contribution in [0.1, 0.15) is 30.1 Å². The SMILES string of the molecule is CN(C)c1ccc(NC(=O)N2CCC[C@@H](c3nc(-c4cccc(C#N)c4)c4ccccn34)C2)cc1. The van der Waals surface area contributed by atoms with Crippen molar-refractivity contribution < 1.29 is 4.79 Å². The molecule has 7 heteroatoms. The molecule has 1 aliphatic heterocycles. The van der Waals surface area contributed by atoms with Crippen molar-refractivity contribution in [3.05, 3.63) is 84.3 Å². The molecule has 4 aromatic rings. The molecule has 3 heterocycles. The lowest BCUT2D eigenvalue weighted by molar-refractivity contribution is 0.191. The molecular weight excluding hydrogens is 436 g/mol. The summed E-state index contributed by atoms with van der Waals surface area (Å²) in [7, 11) is 3.98. The van der Waals surface area contributed by atoms with Gasteiger partial charge in [0, 0.05) is 56.2 Å². The fourth-order valence-electron chi connectivity index (χ4n) is 4.72. The van der Waals surface area contributed by atoms with E-state index in [1.807, 2.05) is 84.7 Å². The Labute approximate surface area is 205 Å². The van der Waals surface area contributed by atoms with Gasteiger partial charge in [0.25, 0.3) is 0 Å². The molecule has 0 unspecified atom stereocenters. The normalized spacial score (nSPS) is 15.6. The van der Waals surface area contributed by atoms with Crippen molar-refractivity contribution in [2.45, 2.75) is 18.8 Å². The Balaban J connectivity index is 1.39. The lowest BCUT2D eigenvalue weighted by Gasteiger charge is -2.32. The maximum Gasteiger partial charge on any atom is 0.321 e. The summed E-state index contributed by atoms with van der Waals surface area (Å²) >= 11 is 0. The van der Waals surface area contributed by atoms with Crippen LogP contribution in [-0.4, -0.2) is 47.5 Å². The van der Waals surface area contributed by atoms with Crippen LogP contribution in [0.3, 0.4) is 0 Å². The van der Waals surface area contributed by atoms with Gasteiger partial charge in [0.15, 0.2) is 0 Å². The molecule has 2 aromatic carbocycles. The van der Waals surface area contributed by atoms with Crippen LogP contribution in [0.2, 0.25) is 0 Å². The second-order valence-electron chi connectivity index (χ2n) is 9.12. The zero-order chi connectivity index (χ0) is 24.4. The molecule has 1 N–H and O–H groups in total. The molecule has 35 heavy (non-hydrogen) atoms. The van der Waals surface area contributed by atoms with Crippen LogP contribution in [0, 0.1) is 11.3 Å². The highest BCUT2D eigenvalue weighted by Crippen LogP contribution is 2.32. The second-order valence-corrected chi connectivity index (χ2v) is 9.12. The summed E-state index contributed by atoms with van der Waals surface area (Å²) in [4.78, 5) is 22.0. The van der Waals surface area contributed by atoms with Crippen LogP contribution >= 0.6 is 0 Å². The molecule has 1 fully saturated rings. The second kappa shape index (κ2) is 9.51. The van der Waals surface area contributed by atoms with E-state index in [1.165, 1.54) is 0 Å². The molecule has 7 nitrogen and oxygen atoms in total. The first-order valence-corrected chi connectivity index (χ1v) is 11.8. The molecule has 1 aliphatic rings. The third-order valence-corrected chi connectivity index (χ3v) is 6.55. The Hall–Kier alpha value is -4.31. The first-order chi connectivity index (χ1) is 17.0. The molecule has 5 rings (SSSR count). The number of urea groups is 1. The fraction of sp³-hybridized carbons (Fsp3) is 0.250. The molecule has 0 aliphatic carbocycles. The lowest BCUT2D eigenvalue weighted by Crippen LogP contribution is -2.42. The quantitative estimate of drug-likeness (QED) is 0.442. The van der Waals surface area contributed by atoms with E-state index in [0.29, 0.717) is 12.1 Å². The number of pyridine rings is 1. The maximum atomic E-state index is 13.1. The Morgan fingerprint density at radius 3 is 2.71 bits per heavy atom. The highest BCUT2D eigenvalue weighted by molar-refractivity contribution is 5.89. The minimum atomic E-state index is -0.0879. The summed E-state index contributed by atoms with van der Waals surface area (Å²) in [5.74, 6) is 1.07. The minimum absolute atomic E-state index is 0.0879. The van der Waals surface area contributed by atoms with Gasteiger partial charge in [0.1, 0.15) is 5.82 Å². The van der Waals surface area contributed by atoms with E-state index in [-0.39, 0.29) is 11.9 Å². The molecule has 1 saturated heterocycles. The number of hydrogen-bond acceptors (Lipinski definition) is 4. The predicted octanol–water partition coefficient (Wildman–Crippen LogP) is 5.35. The number of carbonyl (C=O) groups is 1. The van der Waals surface area contributed by atoms with Gasteiger partial charge in [-0.15, -0.1) is 0 Å². The van der Waals surface area contributed by atoms with Gasteiger partial charge in [-0.25, -0.2) is 9.78 Å². The fourth-order valence-corrected chi connectivity index (χ4v) is 4.72. The molecular formula is C28H28N6O. The van der Waals surface area contributed by atoms with E-state index in [1.54, 1.807) is 6.07 Å². The van der Waals surface area contributed by atoms with Gasteiger partial charge in [0.2, 0.25) is 0 Å². The van der Waals surface area contributed by atoms with Gasteiger partial charge in [-0.3, -0.25) is 0 Å². The van der Waals surface area contributed by atoms with Crippen LogP contribution in [0.5, 0.6) is 0 Å². The standard InChI is InChI=1S/C28H28N6O/c1-32(2)24-13-11-23(12-14-24)30-28(35)33-15-6-9-22(19-33)27-31-26(25-10-3-4-16-34(25)27)21-8-5-7-20(17-21)18-29/h3-5,7-8,10-14,16-17,22H,6,9,15,19H2,1-2H3,(H,30,35)/t22-/m1/s1. The molecule has 176 valence electrons. The number of nitrogens with one attached hydrogen (secondary N) is 1. The number of rotatable bonds is 4. The van der Waals surface area contributed by atoms with E-state index >= 15 is 0 Å². The van der Waals surface area contributed by atoms with Crippen molar-refractivity contribution in [1.82, 2.24) is 14.3 Å². The number of aromatic nitrogens is 2. The summed E-state index contributed by atoms with van der Waals surface area (Å²) in [6, 6.07) is 23.6. The number of hydrogen-bond donors (Lipinski definition) is 1. The van der Waals surface area contributed by atoms with Crippen LogP contribution in [-0.2, 0) is 0 Å². The van der Waals surface area contributed by atoms with Gasteiger partial charge in [-0.1, -0.05) is 18.2 Å². The van der Waals surface area contributed by atoms with Crippen LogP contribution in [0.25, 0.3) is 16.8 Å². The van der Waals surface area contributed by atoms with Crippen molar-refractivity contribution in [2.75, 3.05) is 37.4 Å². The Bertz CT molecular complexity index is 1400. The number of anilines is 2. The molecule has 2 aromatic heterocycles. The number of fused-ring (bicyclic) bond motifs is 1. The number of nitrogens with zero attached hydrogens (tertiary/aromatic N) is 5. The van der Waals surface area contributed by atoms with Gasteiger partial charge in [-0.05, 0) is 61.4 Å². The summed E-state index contributed by atoms with van der Waals surface area (Å²) in [6.07, 6.45) is 3.91. The Morgan fingerprint density at radius 2 is 1.94 bits per heavy atom. The number of carbonyl (C=O) groups excluding carboxylic acids is 1. The van der Waals surface area contributed by atoms with Crippen molar-refractivity contribution in [2.24, 2.45) is 0 Å². The van der Waals surface area contributed by atoms with Gasteiger partial charge in [-0.2, -0.15) is 5.26 Å². The maximum absolute atomic E-state index is 13.1. The summed E-state index contributed by atoms with van der Waals surface area (Å²) in [5, 5.41) is 12.4. The summed E-state index contributed by atoms with van der Waals surface area (Å²) < 4.78 is 2.13. The smallest absolute Gasteiger partial charge is 0.321 e. The molecule has 0 bridgehead atoms. The van der Waals surface area contributed by atoms with Crippen molar-refractivity contribution in [1.29, 1.82) is 5.26 Å². The van der Waals surface area contributed by atoms with E-state index in [0.717, 1.165) is 53.4 Å². The molecule has 1 atom stereocenters. The monoisotopic (exact) mass is 464 g/mol. The first kappa shape index (κ1) is 22.5. The van der Waals surface area contributed by atoms with Crippen LogP contribution in [0.15, 0.2) is 72.9 Å². The predicted molar refractivity (Wildman–Crippen MR) is 139 cm³/mol. The van der Waals surface area contributed by atoms with E-state index in [2.05, 4.69) is 21.9 Å². The van der Waals surface area contributed by atoms with E-state index in [9.17, 15) is 10.1 Å². The molecule has 0 radical (unpaired) electrons.